The molecule has 0 aromatic carbocycles. The minimum absolute atomic E-state index is 0. The zero-order valence-electron chi connectivity index (χ0n) is 6.91. The van der Waals surface area contributed by atoms with E-state index in [0.717, 1.165) is 0 Å². The third-order valence-corrected chi connectivity index (χ3v) is 1.45. The number of hydrogen-bond donors (Lipinski definition) is 1. The van der Waals surface area contributed by atoms with Gasteiger partial charge in [0.05, 0.1) is 17.6 Å². The summed E-state index contributed by atoms with van der Waals surface area (Å²) in [5.74, 6) is 0. The van der Waals surface area contributed by atoms with Gasteiger partial charge < -0.3 is 5.73 Å². The summed E-state index contributed by atoms with van der Waals surface area (Å²) in [6, 6.07) is 0. The first kappa shape index (κ1) is 14.9. The molecule has 78 valence electrons. The van der Waals surface area contributed by atoms with Gasteiger partial charge in [-0.2, -0.15) is 5.10 Å². The normalized spacial score (nSPS) is 9.23. The Hall–Kier alpha value is -0.550. The van der Waals surface area contributed by atoms with Crippen molar-refractivity contribution in [3.05, 3.63) is 11.9 Å². The van der Waals surface area contributed by atoms with Crippen molar-refractivity contribution in [1.29, 1.82) is 0 Å². The maximum absolute atomic E-state index is 11.8. The summed E-state index contributed by atoms with van der Waals surface area (Å²) in [6.07, 6.45) is -1.01. The Labute approximate surface area is 87.1 Å². The molecule has 0 saturated heterocycles. The van der Waals surface area contributed by atoms with Gasteiger partial charge in [0.2, 0.25) is 0 Å². The minimum Gasteiger partial charge on any atom is -0.396 e. The molecule has 3 nitrogen and oxygen atoms in total. The number of nitrogens with two attached hydrogens (primary N) is 1. The highest BCUT2D eigenvalue weighted by atomic mass is 35.5. The number of anilines is 1. The lowest BCUT2D eigenvalue weighted by Gasteiger charge is -2.01. The molecule has 7 heteroatoms. The fraction of sp³-hybridized carbons (Fsp3) is 0.500. The van der Waals surface area contributed by atoms with E-state index in [1.807, 2.05) is 0 Å². The van der Waals surface area contributed by atoms with Crippen LogP contribution < -0.4 is 5.73 Å². The summed E-state index contributed by atoms with van der Waals surface area (Å²) in [4.78, 5) is 0. The van der Waals surface area contributed by atoms with Crippen molar-refractivity contribution < 1.29 is 8.78 Å². The second kappa shape index (κ2) is 5.99. The number of rotatable bonds is 2. The Kier molecular flexibility index (Phi) is 6.89. The first-order valence-electron chi connectivity index (χ1n) is 3.17. The summed E-state index contributed by atoms with van der Waals surface area (Å²) < 4.78 is 24.8. The summed E-state index contributed by atoms with van der Waals surface area (Å²) >= 11 is 0. The topological polar surface area (TPSA) is 43.8 Å². The molecule has 0 bridgehead atoms. The molecule has 1 aromatic heterocycles. The number of nitrogens with zero attached hydrogens (tertiary/aromatic N) is 2. The standard InChI is InChI=1S/C6H9F2N3.2ClH/c1-4-5(9)2-10-11(4)3-6(7)8;;/h2,6H,3,9H2,1H3;2*1H. The monoisotopic (exact) mass is 233 g/mol. The molecule has 0 atom stereocenters. The number of aromatic nitrogens is 2. The van der Waals surface area contributed by atoms with Crippen LogP contribution in [0.2, 0.25) is 0 Å². The smallest absolute Gasteiger partial charge is 0.257 e. The molecule has 1 heterocycles. The Morgan fingerprint density at radius 1 is 1.54 bits per heavy atom. The van der Waals surface area contributed by atoms with Crippen LogP contribution in [0.25, 0.3) is 0 Å². The number of hydrogen-bond acceptors (Lipinski definition) is 2. The van der Waals surface area contributed by atoms with Crippen LogP contribution in [0.15, 0.2) is 6.20 Å². The average molecular weight is 234 g/mol. The van der Waals surface area contributed by atoms with E-state index >= 15 is 0 Å². The molecular weight excluding hydrogens is 223 g/mol. The van der Waals surface area contributed by atoms with Crippen LogP contribution in [0.1, 0.15) is 5.69 Å². The van der Waals surface area contributed by atoms with Gasteiger partial charge in [0.15, 0.2) is 0 Å². The van der Waals surface area contributed by atoms with Crippen LogP contribution in [0.3, 0.4) is 0 Å². The van der Waals surface area contributed by atoms with Crippen molar-refractivity contribution in [1.82, 2.24) is 9.78 Å². The van der Waals surface area contributed by atoms with Gasteiger partial charge in [0, 0.05) is 0 Å². The SMILES string of the molecule is Cc1c(N)cnn1CC(F)F.Cl.Cl. The van der Waals surface area contributed by atoms with Crippen molar-refractivity contribution in [2.45, 2.75) is 19.9 Å². The highest BCUT2D eigenvalue weighted by Crippen LogP contribution is 2.09. The molecule has 0 saturated carbocycles. The molecule has 1 aromatic rings. The molecule has 1 rings (SSSR count). The van der Waals surface area contributed by atoms with E-state index in [1.165, 1.54) is 10.9 Å². The van der Waals surface area contributed by atoms with Gasteiger partial charge in [0.1, 0.15) is 6.54 Å². The Morgan fingerprint density at radius 2 is 2.08 bits per heavy atom. The molecule has 0 aliphatic rings. The molecule has 0 amide bonds. The fourth-order valence-corrected chi connectivity index (χ4v) is 0.776. The zero-order chi connectivity index (χ0) is 8.43. The minimum atomic E-state index is -2.38. The molecule has 13 heavy (non-hydrogen) atoms. The molecule has 0 aliphatic carbocycles. The zero-order valence-corrected chi connectivity index (χ0v) is 8.54. The lowest BCUT2D eigenvalue weighted by Crippen LogP contribution is -2.09. The Bertz CT molecular complexity index is 252. The summed E-state index contributed by atoms with van der Waals surface area (Å²) in [7, 11) is 0. The number of halogens is 4. The van der Waals surface area contributed by atoms with Crippen molar-refractivity contribution in [3.63, 3.8) is 0 Å². The predicted molar refractivity (Wildman–Crippen MR) is 51.9 cm³/mol. The van der Waals surface area contributed by atoms with Crippen LogP contribution in [0.4, 0.5) is 14.5 Å². The van der Waals surface area contributed by atoms with Gasteiger partial charge in [-0.05, 0) is 6.92 Å². The van der Waals surface area contributed by atoms with E-state index in [2.05, 4.69) is 5.10 Å². The molecule has 0 aliphatic heterocycles. The molecule has 0 fully saturated rings. The van der Waals surface area contributed by atoms with Crippen LogP contribution in [0, 0.1) is 6.92 Å². The van der Waals surface area contributed by atoms with Gasteiger partial charge in [-0.25, -0.2) is 8.78 Å². The lowest BCUT2D eigenvalue weighted by molar-refractivity contribution is 0.121. The van der Waals surface area contributed by atoms with Crippen molar-refractivity contribution in [3.8, 4) is 0 Å². The van der Waals surface area contributed by atoms with Crippen LogP contribution in [0.5, 0.6) is 0 Å². The molecule has 0 unspecified atom stereocenters. The van der Waals surface area contributed by atoms with E-state index < -0.39 is 6.43 Å². The second-order valence-corrected chi connectivity index (χ2v) is 2.26. The summed E-state index contributed by atoms with van der Waals surface area (Å²) in [5, 5.41) is 3.67. The van der Waals surface area contributed by atoms with E-state index in [9.17, 15) is 8.78 Å². The summed E-state index contributed by atoms with van der Waals surface area (Å²) in [5.41, 5.74) is 6.43. The number of alkyl halides is 2. The van der Waals surface area contributed by atoms with E-state index in [4.69, 9.17) is 5.73 Å². The van der Waals surface area contributed by atoms with Gasteiger partial charge in [-0.3, -0.25) is 4.68 Å². The lowest BCUT2D eigenvalue weighted by atomic mass is 10.4. The Balaban J connectivity index is 0. The fourth-order valence-electron chi connectivity index (χ4n) is 0.776. The quantitative estimate of drug-likeness (QED) is 0.848. The van der Waals surface area contributed by atoms with Crippen LogP contribution in [-0.2, 0) is 6.54 Å². The van der Waals surface area contributed by atoms with Crippen molar-refractivity contribution >= 4 is 30.5 Å². The van der Waals surface area contributed by atoms with Gasteiger partial charge in [-0.1, -0.05) is 0 Å². The van der Waals surface area contributed by atoms with Crippen LogP contribution >= 0.6 is 24.8 Å². The van der Waals surface area contributed by atoms with Crippen LogP contribution in [-0.4, -0.2) is 16.2 Å². The summed E-state index contributed by atoms with van der Waals surface area (Å²) in [6.45, 7) is 1.27. The van der Waals surface area contributed by atoms with E-state index in [-0.39, 0.29) is 31.4 Å². The number of nitrogen functional groups attached to an aromatic ring is 1. The second-order valence-electron chi connectivity index (χ2n) is 2.26. The highest BCUT2D eigenvalue weighted by Gasteiger charge is 2.08. The third-order valence-electron chi connectivity index (χ3n) is 1.45. The molecular formula is C6H11Cl2F2N3. The van der Waals surface area contributed by atoms with Gasteiger partial charge in [0.25, 0.3) is 6.43 Å². The molecule has 2 N–H and O–H groups in total. The molecule has 0 radical (unpaired) electrons. The largest absolute Gasteiger partial charge is 0.396 e. The van der Waals surface area contributed by atoms with E-state index in [1.54, 1.807) is 6.92 Å². The molecule has 0 spiro atoms. The van der Waals surface area contributed by atoms with E-state index in [0.29, 0.717) is 11.4 Å². The Morgan fingerprint density at radius 3 is 2.38 bits per heavy atom. The first-order chi connectivity index (χ1) is 5.11. The average Bonchev–Trinajstić information content (AvgIpc) is 2.18. The van der Waals surface area contributed by atoms with Crippen molar-refractivity contribution in [2.75, 3.05) is 5.73 Å². The van der Waals surface area contributed by atoms with Crippen molar-refractivity contribution in [2.24, 2.45) is 0 Å². The maximum atomic E-state index is 11.8. The highest BCUT2D eigenvalue weighted by molar-refractivity contribution is 5.85. The third kappa shape index (κ3) is 3.78. The maximum Gasteiger partial charge on any atom is 0.257 e. The predicted octanol–water partition coefficient (Wildman–Crippen LogP) is 1.88. The van der Waals surface area contributed by atoms with Gasteiger partial charge in [-0.15, -0.1) is 24.8 Å². The first-order valence-corrected chi connectivity index (χ1v) is 3.17. The van der Waals surface area contributed by atoms with Gasteiger partial charge >= 0.3 is 0 Å².